The van der Waals surface area contributed by atoms with E-state index in [-0.39, 0.29) is 0 Å². The van der Waals surface area contributed by atoms with Gasteiger partial charge in [-0.05, 0) is 51.0 Å². The Hall–Kier alpha value is -0.340. The zero-order valence-corrected chi connectivity index (χ0v) is 9.80. The highest BCUT2D eigenvalue weighted by atomic mass is 16.5. The molecule has 0 amide bonds. The molecule has 2 aliphatic carbocycles. The van der Waals surface area contributed by atoms with E-state index >= 15 is 0 Å². The topological polar surface area (TPSA) is 21.3 Å². The van der Waals surface area contributed by atoms with Crippen LogP contribution < -0.4 is 5.32 Å². The summed E-state index contributed by atoms with van der Waals surface area (Å²) in [6.45, 7) is 2.01. The van der Waals surface area contributed by atoms with Crippen LogP contribution in [0.25, 0.3) is 0 Å². The number of hydrogen-bond acceptors (Lipinski definition) is 2. The van der Waals surface area contributed by atoms with Gasteiger partial charge in [-0.2, -0.15) is 0 Å². The maximum absolute atomic E-state index is 5.25. The molecular formula is C13H23NO. The fourth-order valence-electron chi connectivity index (χ4n) is 2.42. The molecule has 86 valence electrons. The third-order valence-corrected chi connectivity index (χ3v) is 3.52. The number of nitrogens with one attached hydrogen (secondary N) is 1. The minimum Gasteiger partial charge on any atom is -0.383 e. The molecule has 0 aliphatic heterocycles. The van der Waals surface area contributed by atoms with Gasteiger partial charge in [-0.1, -0.05) is 11.6 Å². The Morgan fingerprint density at radius 2 is 2.40 bits per heavy atom. The minimum absolute atomic E-state index is 0.608. The summed E-state index contributed by atoms with van der Waals surface area (Å²) in [7, 11) is 1.80. The van der Waals surface area contributed by atoms with Gasteiger partial charge in [0.2, 0.25) is 0 Å². The SMILES string of the molecule is COCC(NCCC1=CCCC1)C1CC1. The van der Waals surface area contributed by atoms with Crippen molar-refractivity contribution in [3.05, 3.63) is 11.6 Å². The van der Waals surface area contributed by atoms with Crippen LogP contribution >= 0.6 is 0 Å². The summed E-state index contributed by atoms with van der Waals surface area (Å²) in [5.41, 5.74) is 1.66. The van der Waals surface area contributed by atoms with Gasteiger partial charge in [0.25, 0.3) is 0 Å². The summed E-state index contributed by atoms with van der Waals surface area (Å²) >= 11 is 0. The van der Waals surface area contributed by atoms with E-state index in [1.807, 2.05) is 0 Å². The van der Waals surface area contributed by atoms with Crippen LogP contribution in [0, 0.1) is 5.92 Å². The summed E-state index contributed by atoms with van der Waals surface area (Å²) < 4.78 is 5.25. The number of ether oxygens (including phenoxy) is 1. The lowest BCUT2D eigenvalue weighted by Gasteiger charge is -2.17. The van der Waals surface area contributed by atoms with Crippen LogP contribution in [0.15, 0.2) is 11.6 Å². The van der Waals surface area contributed by atoms with Crippen molar-refractivity contribution >= 4 is 0 Å². The van der Waals surface area contributed by atoms with E-state index in [0.29, 0.717) is 6.04 Å². The van der Waals surface area contributed by atoms with E-state index in [9.17, 15) is 0 Å². The maximum Gasteiger partial charge on any atom is 0.0618 e. The van der Waals surface area contributed by atoms with Crippen molar-refractivity contribution in [2.45, 2.75) is 44.6 Å². The van der Waals surface area contributed by atoms with Gasteiger partial charge in [0.1, 0.15) is 0 Å². The third kappa shape index (κ3) is 3.62. The molecule has 2 nitrogen and oxygen atoms in total. The number of methoxy groups -OCH3 is 1. The number of rotatable bonds is 7. The highest BCUT2D eigenvalue weighted by Crippen LogP contribution is 2.32. The van der Waals surface area contributed by atoms with Gasteiger partial charge >= 0.3 is 0 Å². The molecular weight excluding hydrogens is 186 g/mol. The zero-order valence-electron chi connectivity index (χ0n) is 9.80. The quantitative estimate of drug-likeness (QED) is 0.650. The molecule has 1 saturated carbocycles. The van der Waals surface area contributed by atoms with E-state index in [1.165, 1.54) is 38.5 Å². The van der Waals surface area contributed by atoms with Crippen LogP contribution in [0.4, 0.5) is 0 Å². The molecule has 2 aliphatic rings. The Balaban J connectivity index is 1.62. The molecule has 0 aromatic carbocycles. The fraction of sp³-hybridized carbons (Fsp3) is 0.846. The van der Waals surface area contributed by atoms with Crippen LogP contribution in [0.2, 0.25) is 0 Å². The van der Waals surface area contributed by atoms with E-state index in [4.69, 9.17) is 4.74 Å². The second-order valence-corrected chi connectivity index (χ2v) is 4.86. The van der Waals surface area contributed by atoms with Crippen molar-refractivity contribution in [1.29, 1.82) is 0 Å². The van der Waals surface area contributed by atoms with Gasteiger partial charge < -0.3 is 10.1 Å². The molecule has 1 fully saturated rings. The largest absolute Gasteiger partial charge is 0.383 e. The molecule has 2 heteroatoms. The van der Waals surface area contributed by atoms with Crippen molar-refractivity contribution in [1.82, 2.24) is 5.32 Å². The van der Waals surface area contributed by atoms with Crippen LogP contribution in [0.1, 0.15) is 38.5 Å². The molecule has 0 heterocycles. The standard InChI is InChI=1S/C13H23NO/c1-15-10-13(12-6-7-12)14-9-8-11-4-2-3-5-11/h4,12-14H,2-3,5-10H2,1H3. The molecule has 15 heavy (non-hydrogen) atoms. The van der Waals surface area contributed by atoms with E-state index in [1.54, 1.807) is 12.7 Å². The lowest BCUT2D eigenvalue weighted by Crippen LogP contribution is -2.35. The fourth-order valence-corrected chi connectivity index (χ4v) is 2.42. The predicted molar refractivity (Wildman–Crippen MR) is 62.9 cm³/mol. The zero-order chi connectivity index (χ0) is 10.5. The van der Waals surface area contributed by atoms with Gasteiger partial charge in [-0.3, -0.25) is 0 Å². The smallest absolute Gasteiger partial charge is 0.0618 e. The first kappa shape index (κ1) is 11.2. The molecule has 0 saturated heterocycles. The van der Waals surface area contributed by atoms with Crippen LogP contribution in [0.5, 0.6) is 0 Å². The first-order valence-corrected chi connectivity index (χ1v) is 6.30. The first-order valence-electron chi connectivity index (χ1n) is 6.30. The third-order valence-electron chi connectivity index (χ3n) is 3.52. The second kappa shape index (κ2) is 5.66. The maximum atomic E-state index is 5.25. The molecule has 1 atom stereocenters. The molecule has 1 N–H and O–H groups in total. The lowest BCUT2D eigenvalue weighted by atomic mass is 10.1. The van der Waals surface area contributed by atoms with Crippen molar-refractivity contribution in [3.63, 3.8) is 0 Å². The Labute approximate surface area is 93.1 Å². The summed E-state index contributed by atoms with van der Waals surface area (Å²) in [4.78, 5) is 0. The van der Waals surface area contributed by atoms with Crippen molar-refractivity contribution in [3.8, 4) is 0 Å². The van der Waals surface area contributed by atoms with Gasteiger partial charge in [0.15, 0.2) is 0 Å². The normalized spacial score (nSPS) is 22.9. The summed E-state index contributed by atoms with van der Waals surface area (Å²) in [5.74, 6) is 0.891. The lowest BCUT2D eigenvalue weighted by molar-refractivity contribution is 0.158. The molecule has 2 rings (SSSR count). The Kier molecular flexibility index (Phi) is 4.21. The van der Waals surface area contributed by atoms with E-state index in [2.05, 4.69) is 11.4 Å². The summed E-state index contributed by atoms with van der Waals surface area (Å²) in [5, 5.41) is 3.64. The molecule has 0 aromatic rings. The average Bonchev–Trinajstić information content (AvgIpc) is 2.96. The Morgan fingerprint density at radius 3 is 3.00 bits per heavy atom. The first-order chi connectivity index (χ1) is 7.40. The van der Waals surface area contributed by atoms with E-state index in [0.717, 1.165) is 19.1 Å². The summed E-state index contributed by atoms with van der Waals surface area (Å²) in [6.07, 6.45) is 10.5. The average molecular weight is 209 g/mol. The second-order valence-electron chi connectivity index (χ2n) is 4.86. The van der Waals surface area contributed by atoms with Crippen molar-refractivity contribution in [2.75, 3.05) is 20.3 Å². The van der Waals surface area contributed by atoms with Crippen LogP contribution in [-0.4, -0.2) is 26.3 Å². The predicted octanol–water partition coefficient (Wildman–Crippen LogP) is 2.50. The Bertz CT molecular complexity index is 221. The number of hydrogen-bond donors (Lipinski definition) is 1. The highest BCUT2D eigenvalue weighted by molar-refractivity contribution is 5.07. The minimum atomic E-state index is 0.608. The van der Waals surface area contributed by atoms with Gasteiger partial charge in [-0.15, -0.1) is 0 Å². The summed E-state index contributed by atoms with van der Waals surface area (Å²) in [6, 6.07) is 0.608. The van der Waals surface area contributed by atoms with Crippen molar-refractivity contribution < 1.29 is 4.74 Å². The van der Waals surface area contributed by atoms with E-state index < -0.39 is 0 Å². The van der Waals surface area contributed by atoms with Crippen LogP contribution in [-0.2, 0) is 4.74 Å². The monoisotopic (exact) mass is 209 g/mol. The highest BCUT2D eigenvalue weighted by Gasteiger charge is 2.30. The molecule has 0 radical (unpaired) electrons. The van der Waals surface area contributed by atoms with Gasteiger partial charge in [-0.25, -0.2) is 0 Å². The molecule has 0 bridgehead atoms. The number of allylic oxidation sites excluding steroid dienone is 1. The molecule has 1 unspecified atom stereocenters. The molecule has 0 spiro atoms. The van der Waals surface area contributed by atoms with Crippen LogP contribution in [0.3, 0.4) is 0 Å². The Morgan fingerprint density at radius 1 is 1.53 bits per heavy atom. The molecule has 0 aromatic heterocycles. The van der Waals surface area contributed by atoms with Gasteiger partial charge in [0.05, 0.1) is 6.61 Å². The van der Waals surface area contributed by atoms with Crippen molar-refractivity contribution in [2.24, 2.45) is 5.92 Å². The van der Waals surface area contributed by atoms with Gasteiger partial charge in [0, 0.05) is 13.2 Å².